The third-order valence-corrected chi connectivity index (χ3v) is 4.46. The van der Waals surface area contributed by atoms with Crippen molar-refractivity contribution >= 4 is 11.3 Å². The lowest BCUT2D eigenvalue weighted by atomic mass is 9.92. The van der Waals surface area contributed by atoms with Crippen molar-refractivity contribution in [2.45, 2.75) is 51.6 Å². The van der Waals surface area contributed by atoms with Crippen LogP contribution in [0.1, 0.15) is 49.6 Å². The molecule has 1 heterocycles. The zero-order chi connectivity index (χ0) is 12.3. The van der Waals surface area contributed by atoms with Crippen LogP contribution in [0.15, 0.2) is 11.4 Å². The van der Waals surface area contributed by atoms with E-state index in [9.17, 15) is 5.11 Å². The Morgan fingerprint density at radius 3 is 3.06 bits per heavy atom. The van der Waals surface area contributed by atoms with Gasteiger partial charge in [-0.25, -0.2) is 0 Å². The second kappa shape index (κ2) is 5.98. The van der Waals surface area contributed by atoms with E-state index in [4.69, 9.17) is 0 Å². The van der Waals surface area contributed by atoms with Crippen LogP contribution in [-0.4, -0.2) is 17.8 Å². The Morgan fingerprint density at radius 1 is 1.53 bits per heavy atom. The average molecular weight is 253 g/mol. The SMILES string of the molecule is CC(C)CC(CO)NC1CCCc2sccc21. The Balaban J connectivity index is 2.00. The maximum atomic E-state index is 9.44. The van der Waals surface area contributed by atoms with Crippen molar-refractivity contribution in [2.75, 3.05) is 6.61 Å². The van der Waals surface area contributed by atoms with Gasteiger partial charge >= 0.3 is 0 Å². The molecular formula is C14H23NOS. The first-order valence-electron chi connectivity index (χ1n) is 6.64. The second-order valence-electron chi connectivity index (χ2n) is 5.42. The molecule has 2 unspecified atom stereocenters. The fraction of sp³-hybridized carbons (Fsp3) is 0.714. The molecule has 0 saturated carbocycles. The van der Waals surface area contributed by atoms with Gasteiger partial charge in [0.25, 0.3) is 0 Å². The third kappa shape index (κ3) is 3.30. The molecule has 0 saturated heterocycles. The molecule has 1 aliphatic carbocycles. The lowest BCUT2D eigenvalue weighted by molar-refractivity contribution is 0.209. The monoisotopic (exact) mass is 253 g/mol. The molecule has 96 valence electrons. The zero-order valence-electron chi connectivity index (χ0n) is 10.8. The van der Waals surface area contributed by atoms with Crippen molar-refractivity contribution < 1.29 is 5.11 Å². The molecule has 1 aromatic rings. The van der Waals surface area contributed by atoms with E-state index in [1.54, 1.807) is 0 Å². The lowest BCUT2D eigenvalue weighted by Crippen LogP contribution is -2.37. The first-order chi connectivity index (χ1) is 8.20. The number of thiophene rings is 1. The number of aliphatic hydroxyl groups excluding tert-OH is 1. The molecule has 0 bridgehead atoms. The van der Waals surface area contributed by atoms with Crippen LogP contribution in [0.2, 0.25) is 0 Å². The van der Waals surface area contributed by atoms with Crippen LogP contribution < -0.4 is 5.32 Å². The van der Waals surface area contributed by atoms with E-state index in [0.29, 0.717) is 12.0 Å². The topological polar surface area (TPSA) is 32.3 Å². The van der Waals surface area contributed by atoms with Gasteiger partial charge in [0.1, 0.15) is 0 Å². The van der Waals surface area contributed by atoms with Crippen molar-refractivity contribution in [3.8, 4) is 0 Å². The smallest absolute Gasteiger partial charge is 0.0584 e. The van der Waals surface area contributed by atoms with E-state index in [-0.39, 0.29) is 12.6 Å². The fourth-order valence-electron chi connectivity index (χ4n) is 2.71. The molecule has 0 amide bonds. The summed E-state index contributed by atoms with van der Waals surface area (Å²) in [5.41, 5.74) is 1.48. The molecule has 3 heteroatoms. The third-order valence-electron chi connectivity index (χ3n) is 3.47. The first kappa shape index (κ1) is 13.1. The van der Waals surface area contributed by atoms with E-state index in [2.05, 4.69) is 30.6 Å². The van der Waals surface area contributed by atoms with Gasteiger partial charge in [0, 0.05) is 17.0 Å². The zero-order valence-corrected chi connectivity index (χ0v) is 11.6. The van der Waals surface area contributed by atoms with Crippen LogP contribution >= 0.6 is 11.3 Å². The van der Waals surface area contributed by atoms with E-state index in [1.807, 2.05) is 11.3 Å². The molecule has 1 aliphatic rings. The second-order valence-corrected chi connectivity index (χ2v) is 6.42. The summed E-state index contributed by atoms with van der Waals surface area (Å²) in [5.74, 6) is 0.630. The van der Waals surface area contributed by atoms with Gasteiger partial charge in [-0.3, -0.25) is 0 Å². The molecule has 0 fully saturated rings. The Morgan fingerprint density at radius 2 is 2.35 bits per heavy atom. The number of rotatable bonds is 5. The van der Waals surface area contributed by atoms with Crippen molar-refractivity contribution in [1.29, 1.82) is 0 Å². The molecular weight excluding hydrogens is 230 g/mol. The fourth-order valence-corrected chi connectivity index (χ4v) is 3.70. The molecule has 17 heavy (non-hydrogen) atoms. The summed E-state index contributed by atoms with van der Waals surface area (Å²) in [7, 11) is 0. The maximum absolute atomic E-state index is 9.44. The van der Waals surface area contributed by atoms with Crippen molar-refractivity contribution in [3.63, 3.8) is 0 Å². The normalized spacial score (nSPS) is 21.5. The highest BCUT2D eigenvalue weighted by atomic mass is 32.1. The van der Waals surface area contributed by atoms with Crippen LogP contribution in [0.4, 0.5) is 0 Å². The van der Waals surface area contributed by atoms with Crippen LogP contribution in [0.25, 0.3) is 0 Å². The highest BCUT2D eigenvalue weighted by Crippen LogP contribution is 2.33. The molecule has 0 radical (unpaired) electrons. The van der Waals surface area contributed by atoms with Gasteiger partial charge in [0.2, 0.25) is 0 Å². The number of aliphatic hydroxyl groups is 1. The molecule has 2 nitrogen and oxygen atoms in total. The first-order valence-corrected chi connectivity index (χ1v) is 7.51. The largest absolute Gasteiger partial charge is 0.395 e. The number of fused-ring (bicyclic) bond motifs is 1. The summed E-state index contributed by atoms with van der Waals surface area (Å²) in [6.45, 7) is 4.66. The predicted molar refractivity (Wildman–Crippen MR) is 73.5 cm³/mol. The van der Waals surface area contributed by atoms with E-state index in [1.165, 1.54) is 29.7 Å². The summed E-state index contributed by atoms with van der Waals surface area (Å²) in [6.07, 6.45) is 4.76. The van der Waals surface area contributed by atoms with E-state index >= 15 is 0 Å². The Labute approximate surface area is 108 Å². The van der Waals surface area contributed by atoms with Crippen LogP contribution in [0.3, 0.4) is 0 Å². The maximum Gasteiger partial charge on any atom is 0.0584 e. The molecule has 0 aliphatic heterocycles. The minimum Gasteiger partial charge on any atom is -0.395 e. The summed E-state index contributed by atoms with van der Waals surface area (Å²) >= 11 is 1.88. The summed E-state index contributed by atoms with van der Waals surface area (Å²) in [5, 5.41) is 15.3. The summed E-state index contributed by atoms with van der Waals surface area (Å²) in [4.78, 5) is 1.54. The predicted octanol–water partition coefficient (Wildman–Crippen LogP) is 3.12. The molecule has 1 aromatic heterocycles. The standard InChI is InChI=1S/C14H23NOS/c1-10(2)8-11(9-16)15-13-4-3-5-14-12(13)6-7-17-14/h6-7,10-11,13,15-16H,3-5,8-9H2,1-2H3. The van der Waals surface area contributed by atoms with Gasteiger partial charge in [0.05, 0.1) is 6.61 Å². The molecule has 2 rings (SSSR count). The lowest BCUT2D eigenvalue weighted by Gasteiger charge is -2.29. The number of aryl methyl sites for hydroxylation is 1. The Hall–Kier alpha value is -0.380. The number of hydrogen-bond donors (Lipinski definition) is 2. The molecule has 2 atom stereocenters. The van der Waals surface area contributed by atoms with E-state index < -0.39 is 0 Å². The van der Waals surface area contributed by atoms with Gasteiger partial charge in [-0.2, -0.15) is 0 Å². The average Bonchev–Trinajstić information content (AvgIpc) is 2.76. The Bertz CT molecular complexity index is 348. The highest BCUT2D eigenvalue weighted by molar-refractivity contribution is 7.10. The quantitative estimate of drug-likeness (QED) is 0.845. The molecule has 0 aromatic carbocycles. The Kier molecular flexibility index (Phi) is 4.60. The van der Waals surface area contributed by atoms with E-state index in [0.717, 1.165) is 6.42 Å². The summed E-state index contributed by atoms with van der Waals surface area (Å²) in [6, 6.07) is 2.95. The van der Waals surface area contributed by atoms with Crippen molar-refractivity contribution in [3.05, 3.63) is 21.9 Å². The van der Waals surface area contributed by atoms with Gasteiger partial charge < -0.3 is 10.4 Å². The van der Waals surface area contributed by atoms with Crippen molar-refractivity contribution in [1.82, 2.24) is 5.32 Å². The van der Waals surface area contributed by atoms with Gasteiger partial charge in [0.15, 0.2) is 0 Å². The van der Waals surface area contributed by atoms with Crippen LogP contribution in [0, 0.1) is 5.92 Å². The molecule has 2 N–H and O–H groups in total. The van der Waals surface area contributed by atoms with Gasteiger partial charge in [-0.1, -0.05) is 13.8 Å². The number of hydrogen-bond acceptors (Lipinski definition) is 3. The number of nitrogens with one attached hydrogen (secondary N) is 1. The molecule has 0 spiro atoms. The van der Waals surface area contributed by atoms with Crippen LogP contribution in [0.5, 0.6) is 0 Å². The minimum atomic E-state index is 0.242. The van der Waals surface area contributed by atoms with Gasteiger partial charge in [-0.05, 0) is 48.6 Å². The summed E-state index contributed by atoms with van der Waals surface area (Å²) < 4.78 is 0. The highest BCUT2D eigenvalue weighted by Gasteiger charge is 2.23. The minimum absolute atomic E-state index is 0.242. The van der Waals surface area contributed by atoms with Crippen LogP contribution in [-0.2, 0) is 6.42 Å². The van der Waals surface area contributed by atoms with Gasteiger partial charge in [-0.15, -0.1) is 11.3 Å². The van der Waals surface area contributed by atoms with Crippen molar-refractivity contribution in [2.24, 2.45) is 5.92 Å².